The van der Waals surface area contributed by atoms with Crippen LogP contribution in [-0.4, -0.2) is 17.8 Å². The second-order valence-electron chi connectivity index (χ2n) is 9.61. The molecule has 0 aliphatic carbocycles. The summed E-state index contributed by atoms with van der Waals surface area (Å²) in [6.45, 7) is 9.43. The van der Waals surface area contributed by atoms with E-state index in [1.165, 1.54) is 43.2 Å². The Morgan fingerprint density at radius 1 is 0.879 bits per heavy atom. The molecule has 0 aliphatic heterocycles. The minimum Gasteiger partial charge on any atom is -0.349 e. The Labute approximate surface area is 204 Å². The number of H-pyrrole nitrogens is 1. The average Bonchev–Trinajstić information content (AvgIpc) is 3.38. The van der Waals surface area contributed by atoms with Crippen LogP contribution in [0.3, 0.4) is 0 Å². The number of aromatic nitrogens is 2. The van der Waals surface area contributed by atoms with Gasteiger partial charge in [-0.3, -0.25) is 0 Å². The van der Waals surface area contributed by atoms with Crippen LogP contribution in [0.4, 0.5) is 0 Å². The number of aromatic amines is 1. The maximum atomic E-state index is 4.30. The first kappa shape index (κ1) is 27.0. The van der Waals surface area contributed by atoms with Crippen molar-refractivity contribution in [3.8, 4) is 0 Å². The number of hydrogen-bond acceptors (Lipinski definition) is 1. The Morgan fingerprint density at radius 2 is 1.48 bits per heavy atom. The number of hydrogen-bond donors (Lipinski definition) is 1. The Balaban J connectivity index is 0.000000237. The van der Waals surface area contributed by atoms with Gasteiger partial charge in [0.05, 0.1) is 0 Å². The van der Waals surface area contributed by atoms with Gasteiger partial charge in [-0.15, -0.1) is 0 Å². The van der Waals surface area contributed by atoms with Crippen molar-refractivity contribution >= 4 is 7.85 Å². The average molecular weight is 445 g/mol. The summed E-state index contributed by atoms with van der Waals surface area (Å²) in [6, 6.07) is 21.4. The monoisotopic (exact) mass is 444 g/mol. The molecule has 3 unspecified atom stereocenters. The standard InChI is InChI=1S/C16H30N2.C14H15B/c1-5-13(3)12-15(14(4)6-2)8-7-9-16-17-10-11-18-16;15-11-14(12-7-3-1-4-8-12)13-9-5-2-6-10-13/h10-11,13-15H,5-9,12H2,1-4H3,(H,17,18);1-10,14H,11,15H2. The fourth-order valence-electron chi connectivity index (χ4n) is 4.65. The number of imidazole rings is 1. The molecule has 0 aliphatic rings. The highest BCUT2D eigenvalue weighted by atomic mass is 14.9. The van der Waals surface area contributed by atoms with Crippen molar-refractivity contribution in [1.29, 1.82) is 0 Å². The summed E-state index contributed by atoms with van der Waals surface area (Å²) >= 11 is 0. The minimum atomic E-state index is 0.535. The quantitative estimate of drug-likeness (QED) is 0.285. The summed E-state index contributed by atoms with van der Waals surface area (Å²) in [6.07, 6.45) is 12.6. The highest BCUT2D eigenvalue weighted by Crippen LogP contribution is 2.29. The maximum absolute atomic E-state index is 4.30. The molecule has 0 amide bonds. The highest BCUT2D eigenvalue weighted by molar-refractivity contribution is 6.09. The summed E-state index contributed by atoms with van der Waals surface area (Å²) < 4.78 is 0. The maximum Gasteiger partial charge on any atom is 0.105 e. The smallest absolute Gasteiger partial charge is 0.105 e. The highest BCUT2D eigenvalue weighted by Gasteiger charge is 2.18. The van der Waals surface area contributed by atoms with Gasteiger partial charge in [0.15, 0.2) is 0 Å². The molecule has 1 heterocycles. The van der Waals surface area contributed by atoms with Gasteiger partial charge in [0.1, 0.15) is 13.7 Å². The third-order valence-corrected chi connectivity index (χ3v) is 7.21. The molecule has 0 radical (unpaired) electrons. The number of rotatable bonds is 12. The number of nitrogens with zero attached hydrogens (tertiary/aromatic N) is 1. The van der Waals surface area contributed by atoms with Gasteiger partial charge in [-0.05, 0) is 48.1 Å². The molecular formula is C30H45BN2. The van der Waals surface area contributed by atoms with E-state index < -0.39 is 0 Å². The van der Waals surface area contributed by atoms with Gasteiger partial charge in [0.2, 0.25) is 0 Å². The fraction of sp³-hybridized carbons (Fsp3) is 0.500. The van der Waals surface area contributed by atoms with Gasteiger partial charge in [0, 0.05) is 24.7 Å². The molecule has 0 fully saturated rings. The Bertz CT molecular complexity index is 793. The number of aryl methyl sites for hydroxylation is 1. The lowest BCUT2D eigenvalue weighted by atomic mass is 9.80. The molecule has 3 atom stereocenters. The molecule has 0 saturated heterocycles. The molecule has 1 N–H and O–H groups in total. The third kappa shape index (κ3) is 9.62. The van der Waals surface area contributed by atoms with Crippen LogP contribution in [0.2, 0.25) is 6.32 Å². The molecule has 3 aromatic rings. The van der Waals surface area contributed by atoms with Gasteiger partial charge in [-0.1, -0.05) is 108 Å². The van der Waals surface area contributed by atoms with Gasteiger partial charge in [0.25, 0.3) is 0 Å². The van der Waals surface area contributed by atoms with Gasteiger partial charge >= 0.3 is 0 Å². The lowest BCUT2D eigenvalue weighted by Crippen LogP contribution is -2.15. The number of nitrogens with one attached hydrogen (secondary N) is 1. The lowest BCUT2D eigenvalue weighted by Gasteiger charge is -2.25. The molecule has 0 bridgehead atoms. The second kappa shape index (κ2) is 15.5. The predicted molar refractivity (Wildman–Crippen MR) is 147 cm³/mol. The van der Waals surface area contributed by atoms with Crippen molar-refractivity contribution in [1.82, 2.24) is 9.97 Å². The molecular weight excluding hydrogens is 399 g/mol. The van der Waals surface area contributed by atoms with Crippen LogP contribution in [0.15, 0.2) is 73.1 Å². The molecule has 1 aromatic heterocycles. The summed E-state index contributed by atoms with van der Waals surface area (Å²) in [5, 5.41) is 0. The van der Waals surface area contributed by atoms with E-state index in [1.54, 1.807) is 0 Å². The largest absolute Gasteiger partial charge is 0.349 e. The van der Waals surface area contributed by atoms with E-state index in [0.717, 1.165) is 36.3 Å². The van der Waals surface area contributed by atoms with E-state index >= 15 is 0 Å². The van der Waals surface area contributed by atoms with E-state index in [4.69, 9.17) is 0 Å². The van der Waals surface area contributed by atoms with Crippen LogP contribution in [-0.2, 0) is 6.42 Å². The molecule has 178 valence electrons. The molecule has 3 rings (SSSR count). The van der Waals surface area contributed by atoms with Crippen LogP contribution >= 0.6 is 0 Å². The van der Waals surface area contributed by atoms with E-state index in [0.29, 0.717) is 5.92 Å². The Kier molecular flexibility index (Phi) is 12.7. The third-order valence-electron chi connectivity index (χ3n) is 7.21. The molecule has 2 nitrogen and oxygen atoms in total. The molecule has 0 spiro atoms. The molecule has 3 heteroatoms. The zero-order valence-corrected chi connectivity index (χ0v) is 21.6. The van der Waals surface area contributed by atoms with Crippen molar-refractivity contribution in [2.75, 3.05) is 0 Å². The second-order valence-corrected chi connectivity index (χ2v) is 9.61. The van der Waals surface area contributed by atoms with Crippen LogP contribution in [0, 0.1) is 17.8 Å². The van der Waals surface area contributed by atoms with Crippen molar-refractivity contribution < 1.29 is 0 Å². The summed E-state index contributed by atoms with van der Waals surface area (Å²) in [5.74, 6) is 4.29. The van der Waals surface area contributed by atoms with Crippen molar-refractivity contribution in [2.45, 2.75) is 78.5 Å². The van der Waals surface area contributed by atoms with E-state index in [1.807, 2.05) is 12.4 Å². The summed E-state index contributed by atoms with van der Waals surface area (Å²) in [4.78, 5) is 7.49. The molecule has 33 heavy (non-hydrogen) atoms. The zero-order chi connectivity index (χ0) is 23.9. The molecule has 2 aromatic carbocycles. The Morgan fingerprint density at radius 3 is 1.94 bits per heavy atom. The van der Waals surface area contributed by atoms with Crippen LogP contribution in [0.5, 0.6) is 0 Å². The summed E-state index contributed by atoms with van der Waals surface area (Å²) in [7, 11) is 2.24. The first-order chi connectivity index (χ1) is 16.1. The van der Waals surface area contributed by atoms with Crippen LogP contribution < -0.4 is 0 Å². The lowest BCUT2D eigenvalue weighted by molar-refractivity contribution is 0.260. The van der Waals surface area contributed by atoms with Crippen molar-refractivity contribution in [3.05, 3.63) is 90.0 Å². The topological polar surface area (TPSA) is 28.7 Å². The number of benzene rings is 2. The normalized spacial score (nSPS) is 13.7. The van der Waals surface area contributed by atoms with Crippen molar-refractivity contribution in [2.24, 2.45) is 17.8 Å². The van der Waals surface area contributed by atoms with Gasteiger partial charge < -0.3 is 4.98 Å². The van der Waals surface area contributed by atoms with Gasteiger partial charge in [-0.25, -0.2) is 4.98 Å². The van der Waals surface area contributed by atoms with E-state index in [-0.39, 0.29) is 0 Å². The van der Waals surface area contributed by atoms with Crippen LogP contribution in [0.1, 0.15) is 82.7 Å². The molecule has 0 saturated carbocycles. The van der Waals surface area contributed by atoms with Crippen LogP contribution in [0.25, 0.3) is 0 Å². The first-order valence-electron chi connectivity index (χ1n) is 13.2. The van der Waals surface area contributed by atoms with Crippen molar-refractivity contribution in [3.63, 3.8) is 0 Å². The predicted octanol–water partition coefficient (Wildman–Crippen LogP) is 7.70. The minimum absolute atomic E-state index is 0.535. The fourth-order valence-corrected chi connectivity index (χ4v) is 4.65. The summed E-state index contributed by atoms with van der Waals surface area (Å²) in [5.41, 5.74) is 2.82. The first-order valence-corrected chi connectivity index (χ1v) is 13.2. The SMILES string of the molecule is BCC(c1ccccc1)c1ccccc1.CCC(C)CC(CCCc1ncc[nH]1)C(C)CC. The van der Waals surface area contributed by atoms with Gasteiger partial charge in [-0.2, -0.15) is 0 Å². The zero-order valence-electron chi connectivity index (χ0n) is 21.6. The van der Waals surface area contributed by atoms with E-state index in [9.17, 15) is 0 Å². The van der Waals surface area contributed by atoms with E-state index in [2.05, 4.69) is 106 Å². The Hall–Kier alpha value is -2.29.